The van der Waals surface area contributed by atoms with Gasteiger partial charge >= 0.3 is 0 Å². The highest BCUT2D eigenvalue weighted by Gasteiger charge is 1.94. The lowest BCUT2D eigenvalue weighted by atomic mass is 10.2. The van der Waals surface area contributed by atoms with Gasteiger partial charge in [0.2, 0.25) is 0 Å². The summed E-state index contributed by atoms with van der Waals surface area (Å²) in [5, 5.41) is 8.34. The number of hydrogen-bond donors (Lipinski definition) is 0. The monoisotopic (exact) mass is 193 g/mol. The number of nitrogens with zero attached hydrogens (tertiary/aromatic N) is 3. The summed E-state index contributed by atoms with van der Waals surface area (Å²) in [5.41, 5.74) is 1.16. The van der Waals surface area contributed by atoms with Crippen molar-refractivity contribution in [2.75, 3.05) is 0 Å². The van der Waals surface area contributed by atoms with E-state index in [1.807, 2.05) is 30.5 Å². The predicted octanol–water partition coefficient (Wildman–Crippen LogP) is 1.98. The van der Waals surface area contributed by atoms with Gasteiger partial charge in [0.1, 0.15) is 0 Å². The summed E-state index contributed by atoms with van der Waals surface area (Å²) in [5.74, 6) is 0. The van der Waals surface area contributed by atoms with Crippen molar-refractivity contribution in [3.05, 3.63) is 47.2 Å². The second kappa shape index (κ2) is 3.58. The molecule has 0 bridgehead atoms. The summed E-state index contributed by atoms with van der Waals surface area (Å²) in [6, 6.07) is 7.69. The van der Waals surface area contributed by atoms with Gasteiger partial charge in [0, 0.05) is 11.2 Å². The number of benzene rings is 1. The molecule has 0 unspecified atom stereocenters. The Morgan fingerprint density at radius 2 is 2.00 bits per heavy atom. The zero-order valence-corrected chi connectivity index (χ0v) is 7.65. The van der Waals surface area contributed by atoms with E-state index in [0.29, 0.717) is 0 Å². The molecule has 0 saturated heterocycles. The van der Waals surface area contributed by atoms with Gasteiger partial charge in [0.25, 0.3) is 0 Å². The first-order valence-electron chi connectivity index (χ1n) is 3.93. The van der Waals surface area contributed by atoms with E-state index in [1.165, 1.54) is 0 Å². The van der Waals surface area contributed by atoms with Crippen molar-refractivity contribution in [3.8, 4) is 0 Å². The Morgan fingerprint density at radius 1 is 1.23 bits per heavy atom. The van der Waals surface area contributed by atoms with Gasteiger partial charge in [-0.05, 0) is 17.7 Å². The fourth-order valence-electron chi connectivity index (χ4n) is 1.09. The Balaban J connectivity index is 2.15. The van der Waals surface area contributed by atoms with Gasteiger partial charge in [0.05, 0.1) is 12.7 Å². The Hall–Kier alpha value is -1.35. The van der Waals surface area contributed by atoms with Crippen LogP contribution < -0.4 is 0 Å². The summed E-state index contributed by atoms with van der Waals surface area (Å²) in [4.78, 5) is 0. The molecule has 0 aliphatic carbocycles. The summed E-state index contributed by atoms with van der Waals surface area (Å²) >= 11 is 5.76. The maximum Gasteiger partial charge on any atom is 0.0693 e. The van der Waals surface area contributed by atoms with Crippen LogP contribution in [0.2, 0.25) is 5.02 Å². The Kier molecular flexibility index (Phi) is 2.27. The van der Waals surface area contributed by atoms with Crippen molar-refractivity contribution < 1.29 is 0 Å². The minimum absolute atomic E-state index is 0.733. The van der Waals surface area contributed by atoms with Crippen LogP contribution in [-0.4, -0.2) is 15.0 Å². The van der Waals surface area contributed by atoms with Crippen LogP contribution in [0.15, 0.2) is 36.7 Å². The molecule has 0 amide bonds. The van der Waals surface area contributed by atoms with Crippen molar-refractivity contribution in [1.82, 2.24) is 15.0 Å². The Bertz CT molecular complexity index is 366. The second-order valence-electron chi connectivity index (χ2n) is 2.73. The Morgan fingerprint density at radius 3 is 2.62 bits per heavy atom. The molecule has 0 aliphatic rings. The maximum atomic E-state index is 5.76. The molecule has 66 valence electrons. The standard InChI is InChI=1S/C9H8ClN3/c10-9-3-1-8(2-4-9)7-13-6-5-11-12-13/h1-6H,7H2. The lowest BCUT2D eigenvalue weighted by molar-refractivity contribution is 0.650. The van der Waals surface area contributed by atoms with Gasteiger partial charge in [-0.3, -0.25) is 0 Å². The quantitative estimate of drug-likeness (QED) is 0.730. The van der Waals surface area contributed by atoms with E-state index in [1.54, 1.807) is 10.9 Å². The lowest BCUT2D eigenvalue weighted by Crippen LogP contribution is -1.99. The highest BCUT2D eigenvalue weighted by Crippen LogP contribution is 2.09. The first-order chi connectivity index (χ1) is 6.34. The second-order valence-corrected chi connectivity index (χ2v) is 3.16. The Labute approximate surface area is 81.0 Å². The van der Waals surface area contributed by atoms with E-state index in [2.05, 4.69) is 10.3 Å². The molecule has 4 heteroatoms. The first-order valence-corrected chi connectivity index (χ1v) is 4.31. The SMILES string of the molecule is Clc1ccc(Cn2ccnn2)cc1. The van der Waals surface area contributed by atoms with Crippen LogP contribution in [0.4, 0.5) is 0 Å². The molecular formula is C9H8ClN3. The van der Waals surface area contributed by atoms with Gasteiger partial charge in [-0.2, -0.15) is 0 Å². The van der Waals surface area contributed by atoms with Crippen LogP contribution in [0.5, 0.6) is 0 Å². The molecule has 0 spiro atoms. The molecule has 13 heavy (non-hydrogen) atoms. The van der Waals surface area contributed by atoms with Crippen molar-refractivity contribution >= 4 is 11.6 Å². The highest BCUT2D eigenvalue weighted by atomic mass is 35.5. The number of rotatable bonds is 2. The normalized spacial score (nSPS) is 10.2. The van der Waals surface area contributed by atoms with Crippen LogP contribution in [0.1, 0.15) is 5.56 Å². The molecule has 0 atom stereocenters. The minimum atomic E-state index is 0.733. The van der Waals surface area contributed by atoms with Crippen LogP contribution in [0, 0.1) is 0 Å². The van der Waals surface area contributed by atoms with Crippen LogP contribution in [0.25, 0.3) is 0 Å². The van der Waals surface area contributed by atoms with Gasteiger partial charge < -0.3 is 0 Å². The molecule has 0 fully saturated rings. The van der Waals surface area contributed by atoms with Crippen molar-refractivity contribution in [1.29, 1.82) is 0 Å². The molecule has 0 radical (unpaired) electrons. The van der Waals surface area contributed by atoms with Crippen molar-refractivity contribution in [3.63, 3.8) is 0 Å². The van der Waals surface area contributed by atoms with Crippen molar-refractivity contribution in [2.24, 2.45) is 0 Å². The summed E-state index contributed by atoms with van der Waals surface area (Å²) in [7, 11) is 0. The largest absolute Gasteiger partial charge is 0.248 e. The molecule has 0 saturated carbocycles. The van der Waals surface area contributed by atoms with E-state index in [-0.39, 0.29) is 0 Å². The average Bonchev–Trinajstić information content (AvgIpc) is 2.62. The average molecular weight is 194 g/mol. The van der Waals surface area contributed by atoms with E-state index >= 15 is 0 Å². The summed E-state index contributed by atoms with van der Waals surface area (Å²) < 4.78 is 1.77. The molecular weight excluding hydrogens is 186 g/mol. The van der Waals surface area contributed by atoms with Gasteiger partial charge in [-0.15, -0.1) is 5.10 Å². The molecule has 0 aliphatic heterocycles. The molecule has 2 rings (SSSR count). The highest BCUT2D eigenvalue weighted by molar-refractivity contribution is 6.30. The van der Waals surface area contributed by atoms with Gasteiger partial charge in [-0.1, -0.05) is 28.9 Å². The zero-order valence-electron chi connectivity index (χ0n) is 6.89. The molecule has 1 aromatic carbocycles. The predicted molar refractivity (Wildman–Crippen MR) is 50.6 cm³/mol. The molecule has 1 heterocycles. The van der Waals surface area contributed by atoms with Crippen LogP contribution in [-0.2, 0) is 6.54 Å². The lowest BCUT2D eigenvalue weighted by Gasteiger charge is -1.99. The number of hydrogen-bond acceptors (Lipinski definition) is 2. The third-order valence-electron chi connectivity index (χ3n) is 1.73. The fraction of sp³-hybridized carbons (Fsp3) is 0.111. The number of aromatic nitrogens is 3. The molecule has 2 aromatic rings. The smallest absolute Gasteiger partial charge is 0.0693 e. The third-order valence-corrected chi connectivity index (χ3v) is 1.98. The van der Waals surface area contributed by atoms with E-state index in [0.717, 1.165) is 17.1 Å². The topological polar surface area (TPSA) is 30.7 Å². The zero-order chi connectivity index (χ0) is 9.10. The molecule has 1 aromatic heterocycles. The summed E-state index contributed by atoms with van der Waals surface area (Å²) in [6.45, 7) is 0.733. The van der Waals surface area contributed by atoms with Crippen molar-refractivity contribution in [2.45, 2.75) is 6.54 Å². The third kappa shape index (κ3) is 2.06. The molecule has 3 nitrogen and oxygen atoms in total. The molecule has 0 N–H and O–H groups in total. The summed E-state index contributed by atoms with van der Waals surface area (Å²) in [6.07, 6.45) is 3.49. The van der Waals surface area contributed by atoms with E-state index < -0.39 is 0 Å². The van der Waals surface area contributed by atoms with Crippen LogP contribution >= 0.6 is 11.6 Å². The first kappa shape index (κ1) is 8.26. The van der Waals surface area contributed by atoms with E-state index in [4.69, 9.17) is 11.6 Å². The fourth-order valence-corrected chi connectivity index (χ4v) is 1.22. The minimum Gasteiger partial charge on any atom is -0.248 e. The van der Waals surface area contributed by atoms with E-state index in [9.17, 15) is 0 Å². The van der Waals surface area contributed by atoms with Gasteiger partial charge in [0.15, 0.2) is 0 Å². The van der Waals surface area contributed by atoms with Crippen LogP contribution in [0.3, 0.4) is 0 Å². The number of halogens is 1. The van der Waals surface area contributed by atoms with Gasteiger partial charge in [-0.25, -0.2) is 4.68 Å². The maximum absolute atomic E-state index is 5.76.